The summed E-state index contributed by atoms with van der Waals surface area (Å²) in [5.74, 6) is 0.904. The summed E-state index contributed by atoms with van der Waals surface area (Å²) < 4.78 is 5.79. The Bertz CT molecular complexity index is 260. The lowest BCUT2D eigenvalue weighted by molar-refractivity contribution is -0.00401. The summed E-state index contributed by atoms with van der Waals surface area (Å²) >= 11 is 0. The smallest absolute Gasteiger partial charge is 0.124 e. The van der Waals surface area contributed by atoms with Gasteiger partial charge in [-0.25, -0.2) is 0 Å². The highest BCUT2D eigenvalue weighted by Gasteiger charge is 2.25. The Balaban J connectivity index is 0.00000106. The van der Waals surface area contributed by atoms with Crippen molar-refractivity contribution < 1.29 is 4.74 Å². The van der Waals surface area contributed by atoms with Crippen LogP contribution >= 0.6 is 0 Å². The predicted octanol–water partition coefficient (Wildman–Crippen LogP) is 3.38. The lowest BCUT2D eigenvalue weighted by atomic mass is 10.2. The molecule has 92 valence electrons. The normalized spacial score (nSPS) is 17.7. The predicted molar refractivity (Wildman–Crippen MR) is 71.4 cm³/mol. The molecule has 0 aromatic heterocycles. The highest BCUT2D eigenvalue weighted by atomic mass is 16.5. The zero-order chi connectivity index (χ0) is 12.6. The van der Waals surface area contributed by atoms with E-state index >= 15 is 0 Å². The van der Waals surface area contributed by atoms with Crippen molar-refractivity contribution in [2.24, 2.45) is 0 Å². The first kappa shape index (κ1) is 15.0. The fraction of sp³-hybridized carbons (Fsp3) is 0.571. The summed E-state index contributed by atoms with van der Waals surface area (Å²) in [5, 5.41) is 0. The number of hydrogen-bond acceptors (Lipinski definition) is 2. The van der Waals surface area contributed by atoms with Gasteiger partial charge in [0.15, 0.2) is 0 Å². The second-order valence-corrected chi connectivity index (χ2v) is 3.80. The number of likely N-dealkylation sites (tertiary alicyclic amines) is 1. The van der Waals surface area contributed by atoms with Gasteiger partial charge in [0.25, 0.3) is 0 Å². The zero-order valence-electron chi connectivity index (χ0n) is 11.3. The van der Waals surface area contributed by atoms with Crippen LogP contribution in [-0.2, 0) is 4.74 Å². The molecule has 0 unspecified atom stereocenters. The molecule has 1 heterocycles. The minimum absolute atomic E-state index is 0.341. The van der Waals surface area contributed by atoms with Gasteiger partial charge in [-0.3, -0.25) is 4.90 Å². The van der Waals surface area contributed by atoms with E-state index in [2.05, 4.69) is 18.5 Å². The Hall–Kier alpha value is -1.02. The van der Waals surface area contributed by atoms with Crippen LogP contribution in [0.2, 0.25) is 0 Å². The Morgan fingerprint density at radius 1 is 1.38 bits per heavy atom. The Labute approximate surface area is 100 Å². The maximum atomic E-state index is 5.79. The Kier molecular flexibility index (Phi) is 7.65. The summed E-state index contributed by atoms with van der Waals surface area (Å²) in [7, 11) is 2.09. The highest BCUT2D eigenvalue weighted by molar-refractivity contribution is 5.25. The second kappa shape index (κ2) is 8.17. The molecule has 1 aliphatic rings. The lowest BCUT2D eigenvalue weighted by Crippen LogP contribution is -2.49. The fourth-order valence-electron chi connectivity index (χ4n) is 1.36. The molecule has 0 N–H and O–H groups in total. The third-order valence-corrected chi connectivity index (χ3v) is 2.18. The standard InChI is InChI=1S/C12H19NO.C2H6/c1-5-6-7-12(10(2)3)14-11-8-13(4)9-11;1-2/h5-7,11H,2,8-9H2,1,3-4H3;1-2H3/b6-5-,12-7+;. The molecule has 0 saturated carbocycles. The number of likely N-dealkylation sites (N-methyl/N-ethyl adjacent to an activating group) is 1. The molecule has 0 spiro atoms. The van der Waals surface area contributed by atoms with E-state index < -0.39 is 0 Å². The fourth-order valence-corrected chi connectivity index (χ4v) is 1.36. The van der Waals surface area contributed by atoms with Gasteiger partial charge in [-0.05, 0) is 32.5 Å². The maximum absolute atomic E-state index is 5.79. The molecule has 0 amide bonds. The number of rotatable bonds is 4. The molecule has 1 rings (SSSR count). The van der Waals surface area contributed by atoms with E-state index in [1.54, 1.807) is 0 Å². The van der Waals surface area contributed by atoms with Crippen LogP contribution in [0.3, 0.4) is 0 Å². The molecule has 0 aliphatic carbocycles. The van der Waals surface area contributed by atoms with Crippen LogP contribution in [-0.4, -0.2) is 31.1 Å². The molecular formula is C14H25NO. The number of nitrogens with zero attached hydrogens (tertiary/aromatic N) is 1. The summed E-state index contributed by atoms with van der Waals surface area (Å²) in [6.45, 7) is 13.9. The van der Waals surface area contributed by atoms with E-state index in [1.165, 1.54) is 0 Å². The Morgan fingerprint density at radius 2 is 1.94 bits per heavy atom. The molecule has 16 heavy (non-hydrogen) atoms. The van der Waals surface area contributed by atoms with Gasteiger partial charge in [-0.2, -0.15) is 0 Å². The first-order valence-corrected chi connectivity index (χ1v) is 5.97. The molecule has 0 atom stereocenters. The van der Waals surface area contributed by atoms with Gasteiger partial charge in [0.05, 0.1) is 0 Å². The maximum Gasteiger partial charge on any atom is 0.124 e. The average molecular weight is 223 g/mol. The van der Waals surface area contributed by atoms with Gasteiger partial charge in [-0.15, -0.1) is 0 Å². The van der Waals surface area contributed by atoms with E-state index in [1.807, 2.05) is 45.9 Å². The van der Waals surface area contributed by atoms with Crippen molar-refractivity contribution >= 4 is 0 Å². The second-order valence-electron chi connectivity index (χ2n) is 3.80. The van der Waals surface area contributed by atoms with Crippen LogP contribution in [0.5, 0.6) is 0 Å². The third-order valence-electron chi connectivity index (χ3n) is 2.18. The topological polar surface area (TPSA) is 12.5 Å². The molecule has 0 bridgehead atoms. The van der Waals surface area contributed by atoms with Gasteiger partial charge < -0.3 is 4.74 Å². The van der Waals surface area contributed by atoms with E-state index in [4.69, 9.17) is 4.74 Å². The van der Waals surface area contributed by atoms with Crippen molar-refractivity contribution in [1.82, 2.24) is 4.90 Å². The monoisotopic (exact) mass is 223 g/mol. The summed E-state index contributed by atoms with van der Waals surface area (Å²) in [6, 6.07) is 0. The Morgan fingerprint density at radius 3 is 2.31 bits per heavy atom. The summed E-state index contributed by atoms with van der Waals surface area (Å²) in [4.78, 5) is 2.23. The molecule has 0 aromatic carbocycles. The number of hydrogen-bond donors (Lipinski definition) is 0. The molecule has 0 aromatic rings. The van der Waals surface area contributed by atoms with Crippen LogP contribution in [0.25, 0.3) is 0 Å². The van der Waals surface area contributed by atoms with Crippen molar-refractivity contribution in [2.45, 2.75) is 33.8 Å². The summed E-state index contributed by atoms with van der Waals surface area (Å²) in [5.41, 5.74) is 0.984. The van der Waals surface area contributed by atoms with Gasteiger partial charge >= 0.3 is 0 Å². The summed E-state index contributed by atoms with van der Waals surface area (Å²) in [6.07, 6.45) is 6.28. The van der Waals surface area contributed by atoms with Crippen molar-refractivity contribution in [2.75, 3.05) is 20.1 Å². The van der Waals surface area contributed by atoms with Crippen molar-refractivity contribution in [3.8, 4) is 0 Å². The quantitative estimate of drug-likeness (QED) is 0.535. The molecule has 1 aliphatic heterocycles. The van der Waals surface area contributed by atoms with E-state index in [0.717, 1.165) is 24.4 Å². The minimum Gasteiger partial charge on any atom is -0.488 e. The van der Waals surface area contributed by atoms with Crippen LogP contribution in [0, 0.1) is 0 Å². The third kappa shape index (κ3) is 5.17. The van der Waals surface area contributed by atoms with E-state index in [0.29, 0.717) is 6.10 Å². The van der Waals surface area contributed by atoms with Crippen LogP contribution in [0.1, 0.15) is 27.7 Å². The van der Waals surface area contributed by atoms with Crippen LogP contribution < -0.4 is 0 Å². The van der Waals surface area contributed by atoms with Crippen molar-refractivity contribution in [3.63, 3.8) is 0 Å². The first-order valence-electron chi connectivity index (χ1n) is 5.97. The van der Waals surface area contributed by atoms with Gasteiger partial charge in [-0.1, -0.05) is 32.6 Å². The highest BCUT2D eigenvalue weighted by Crippen LogP contribution is 2.17. The zero-order valence-corrected chi connectivity index (χ0v) is 11.3. The molecule has 2 heteroatoms. The lowest BCUT2D eigenvalue weighted by Gasteiger charge is -2.36. The van der Waals surface area contributed by atoms with Crippen LogP contribution in [0.4, 0.5) is 0 Å². The SMILES string of the molecule is C=C(C)/C(=C\C=C/C)OC1CN(C)C1.CC. The molecule has 0 radical (unpaired) electrons. The molecule has 1 saturated heterocycles. The van der Waals surface area contributed by atoms with Crippen molar-refractivity contribution in [1.29, 1.82) is 0 Å². The minimum atomic E-state index is 0.341. The van der Waals surface area contributed by atoms with E-state index in [-0.39, 0.29) is 0 Å². The van der Waals surface area contributed by atoms with Gasteiger partial charge in [0.1, 0.15) is 11.9 Å². The largest absolute Gasteiger partial charge is 0.488 e. The van der Waals surface area contributed by atoms with Crippen molar-refractivity contribution in [3.05, 3.63) is 36.1 Å². The average Bonchev–Trinajstić information content (AvgIpc) is 2.23. The first-order chi connectivity index (χ1) is 7.63. The molecule has 1 fully saturated rings. The number of allylic oxidation sites excluding steroid dienone is 4. The van der Waals surface area contributed by atoms with Crippen LogP contribution in [0.15, 0.2) is 36.1 Å². The molecule has 2 nitrogen and oxygen atoms in total. The van der Waals surface area contributed by atoms with Gasteiger partial charge in [0, 0.05) is 13.1 Å². The van der Waals surface area contributed by atoms with E-state index in [9.17, 15) is 0 Å². The molecular weight excluding hydrogens is 198 g/mol. The van der Waals surface area contributed by atoms with Gasteiger partial charge in [0.2, 0.25) is 0 Å². The number of ether oxygens (including phenoxy) is 1.